The lowest BCUT2D eigenvalue weighted by atomic mass is 10.1. The first-order chi connectivity index (χ1) is 15.6. The molecule has 0 fully saturated rings. The fourth-order valence-electron chi connectivity index (χ4n) is 3.20. The van der Waals surface area contributed by atoms with Gasteiger partial charge in [-0.25, -0.2) is 4.79 Å². The molecule has 3 aromatic rings. The van der Waals surface area contributed by atoms with Crippen LogP contribution in [-0.4, -0.2) is 39.5 Å². The van der Waals surface area contributed by atoms with Gasteiger partial charge in [-0.05, 0) is 57.0 Å². The molecule has 11 heteroatoms. The van der Waals surface area contributed by atoms with Crippen molar-refractivity contribution >= 4 is 51.6 Å². The highest BCUT2D eigenvalue weighted by Crippen LogP contribution is 2.30. The predicted molar refractivity (Wildman–Crippen MR) is 131 cm³/mol. The predicted octanol–water partition coefficient (Wildman–Crippen LogP) is 5.11. The molecule has 176 valence electrons. The molecule has 0 spiro atoms. The number of benzene rings is 1. The van der Waals surface area contributed by atoms with E-state index in [-0.39, 0.29) is 17.8 Å². The van der Waals surface area contributed by atoms with E-state index < -0.39 is 5.97 Å². The minimum absolute atomic E-state index is 0.106. The third-order valence-electron chi connectivity index (χ3n) is 4.80. The fourth-order valence-corrected chi connectivity index (χ4v) is 4.94. The summed E-state index contributed by atoms with van der Waals surface area (Å²) in [6, 6.07) is 5.47. The number of thioether (sulfide) groups is 1. The lowest BCUT2D eigenvalue weighted by Gasteiger charge is -2.16. The highest BCUT2D eigenvalue weighted by molar-refractivity contribution is 7.99. The number of carbonyl (C=O) groups is 2. The molecule has 0 aliphatic carbocycles. The average Bonchev–Trinajstić information content (AvgIpc) is 3.31. The molecule has 0 saturated carbocycles. The van der Waals surface area contributed by atoms with Crippen LogP contribution in [0.15, 0.2) is 23.4 Å². The van der Waals surface area contributed by atoms with Gasteiger partial charge in [0.05, 0.1) is 18.4 Å². The van der Waals surface area contributed by atoms with Crippen LogP contribution in [0.3, 0.4) is 0 Å². The second kappa shape index (κ2) is 10.6. The van der Waals surface area contributed by atoms with Gasteiger partial charge < -0.3 is 19.4 Å². The van der Waals surface area contributed by atoms with Crippen LogP contribution in [0.5, 0.6) is 5.75 Å². The molecule has 1 aromatic carbocycles. The molecule has 8 nitrogen and oxygen atoms in total. The Bertz CT molecular complexity index is 1170. The van der Waals surface area contributed by atoms with Gasteiger partial charge >= 0.3 is 5.97 Å². The Morgan fingerprint density at radius 1 is 1.21 bits per heavy atom. The maximum Gasteiger partial charge on any atom is 0.340 e. The van der Waals surface area contributed by atoms with Gasteiger partial charge in [0.1, 0.15) is 10.8 Å². The zero-order valence-electron chi connectivity index (χ0n) is 19.2. The van der Waals surface area contributed by atoms with E-state index in [4.69, 9.17) is 21.1 Å². The van der Waals surface area contributed by atoms with Crippen LogP contribution in [0, 0.1) is 20.8 Å². The number of esters is 1. The maximum absolute atomic E-state index is 12.5. The number of carbonyl (C=O) groups excluding carboxylic acids is 2. The average molecular weight is 509 g/mol. The molecule has 0 aliphatic heterocycles. The summed E-state index contributed by atoms with van der Waals surface area (Å²) in [5.41, 5.74) is 2.23. The number of hydrogen-bond acceptors (Lipinski definition) is 8. The summed E-state index contributed by atoms with van der Waals surface area (Å²) in [4.78, 5) is 25.3. The van der Waals surface area contributed by atoms with Crippen LogP contribution in [0.2, 0.25) is 5.02 Å². The van der Waals surface area contributed by atoms with Crippen molar-refractivity contribution in [2.45, 2.75) is 39.0 Å². The molecule has 0 bridgehead atoms. The van der Waals surface area contributed by atoms with E-state index in [1.165, 1.54) is 30.2 Å². The van der Waals surface area contributed by atoms with E-state index in [9.17, 15) is 9.59 Å². The number of nitrogens with zero attached hydrogens (tertiary/aromatic N) is 3. The zero-order chi connectivity index (χ0) is 24.3. The van der Waals surface area contributed by atoms with Crippen molar-refractivity contribution < 1.29 is 19.1 Å². The summed E-state index contributed by atoms with van der Waals surface area (Å²) in [5.74, 6) is 0.693. The number of halogens is 1. The van der Waals surface area contributed by atoms with Crippen molar-refractivity contribution in [1.29, 1.82) is 0 Å². The molecule has 1 N–H and O–H groups in total. The number of aryl methyl sites for hydroxylation is 3. The Morgan fingerprint density at radius 2 is 1.88 bits per heavy atom. The first kappa shape index (κ1) is 25.1. The molecular weight excluding hydrogens is 484 g/mol. The third kappa shape index (κ3) is 5.87. The van der Waals surface area contributed by atoms with Crippen LogP contribution < -0.4 is 10.1 Å². The Labute approximate surface area is 205 Å². The fraction of sp³-hybridized carbons (Fsp3) is 0.364. The number of thiophene rings is 1. The van der Waals surface area contributed by atoms with Crippen LogP contribution >= 0.6 is 34.7 Å². The lowest BCUT2D eigenvalue weighted by Crippen LogP contribution is -2.16. The molecule has 3 rings (SSSR count). The van der Waals surface area contributed by atoms with E-state index in [1.54, 1.807) is 10.6 Å². The molecule has 0 aliphatic rings. The van der Waals surface area contributed by atoms with E-state index in [0.717, 1.165) is 21.0 Å². The highest BCUT2D eigenvalue weighted by atomic mass is 35.5. The molecule has 1 unspecified atom stereocenters. The van der Waals surface area contributed by atoms with Gasteiger partial charge in [0.2, 0.25) is 5.91 Å². The van der Waals surface area contributed by atoms with Crippen molar-refractivity contribution in [1.82, 2.24) is 14.8 Å². The number of ether oxygens (including phenoxy) is 2. The van der Waals surface area contributed by atoms with Gasteiger partial charge in [0.15, 0.2) is 17.1 Å². The van der Waals surface area contributed by atoms with Crippen LogP contribution in [0.1, 0.15) is 45.2 Å². The molecule has 2 heterocycles. The largest absolute Gasteiger partial charge is 0.483 e. The van der Waals surface area contributed by atoms with Crippen molar-refractivity contribution in [3.8, 4) is 5.75 Å². The summed E-state index contributed by atoms with van der Waals surface area (Å²) in [7, 11) is 3.13. The third-order valence-corrected chi connectivity index (χ3v) is 7.38. The molecule has 1 atom stereocenters. The Balaban J connectivity index is 1.63. The topological polar surface area (TPSA) is 95.3 Å². The number of aromatic nitrogens is 3. The van der Waals surface area contributed by atoms with Crippen LogP contribution in [-0.2, 0) is 16.6 Å². The monoisotopic (exact) mass is 508 g/mol. The minimum Gasteiger partial charge on any atom is -0.483 e. The number of amides is 1. The SMILES string of the molecule is COC(=O)c1cc(C)sc1NC(=O)CSc1nnc(C(C)Oc2cc(C)c(Cl)c(C)c2)n1C. The molecule has 0 saturated heterocycles. The van der Waals surface area contributed by atoms with Crippen molar-refractivity contribution in [3.05, 3.63) is 50.6 Å². The number of rotatable bonds is 8. The summed E-state index contributed by atoms with van der Waals surface area (Å²) in [6.07, 6.45) is -0.359. The van der Waals surface area contributed by atoms with Gasteiger partial charge in [-0.15, -0.1) is 21.5 Å². The number of hydrogen-bond donors (Lipinski definition) is 1. The lowest BCUT2D eigenvalue weighted by molar-refractivity contribution is -0.113. The second-order valence-corrected chi connectivity index (χ2v) is 10.0. The molecular formula is C22H25ClN4O4S2. The zero-order valence-corrected chi connectivity index (χ0v) is 21.6. The van der Waals surface area contributed by atoms with Crippen LogP contribution in [0.25, 0.3) is 0 Å². The van der Waals surface area contributed by atoms with Crippen LogP contribution in [0.4, 0.5) is 5.00 Å². The molecule has 1 amide bonds. The minimum atomic E-state index is -0.486. The van der Waals surface area contributed by atoms with Crippen molar-refractivity contribution in [2.75, 3.05) is 18.2 Å². The van der Waals surface area contributed by atoms with Gasteiger partial charge in [-0.2, -0.15) is 0 Å². The smallest absolute Gasteiger partial charge is 0.340 e. The molecule has 2 aromatic heterocycles. The molecule has 0 radical (unpaired) electrons. The number of nitrogens with one attached hydrogen (secondary N) is 1. The second-order valence-electron chi connectivity index (χ2n) is 7.46. The summed E-state index contributed by atoms with van der Waals surface area (Å²) in [5, 5.41) is 13.0. The van der Waals surface area contributed by atoms with Gasteiger partial charge in [0.25, 0.3) is 0 Å². The quantitative estimate of drug-likeness (QED) is 0.333. The van der Waals surface area contributed by atoms with E-state index >= 15 is 0 Å². The maximum atomic E-state index is 12.5. The first-order valence-electron chi connectivity index (χ1n) is 10.0. The Morgan fingerprint density at radius 3 is 2.52 bits per heavy atom. The number of anilines is 1. The Hall–Kier alpha value is -2.56. The summed E-state index contributed by atoms with van der Waals surface area (Å²) < 4.78 is 12.6. The van der Waals surface area contributed by atoms with Crippen molar-refractivity contribution in [3.63, 3.8) is 0 Å². The normalized spacial score (nSPS) is 11.8. The van der Waals surface area contributed by atoms with Crippen molar-refractivity contribution in [2.24, 2.45) is 7.05 Å². The first-order valence-corrected chi connectivity index (χ1v) is 12.2. The summed E-state index contributed by atoms with van der Waals surface area (Å²) >= 11 is 8.80. The van der Waals surface area contributed by atoms with Gasteiger partial charge in [-0.1, -0.05) is 23.4 Å². The molecule has 33 heavy (non-hydrogen) atoms. The van der Waals surface area contributed by atoms with E-state index in [2.05, 4.69) is 15.5 Å². The van der Waals surface area contributed by atoms with Gasteiger partial charge in [0, 0.05) is 16.9 Å². The Kier molecular flexibility index (Phi) is 8.04. The summed E-state index contributed by atoms with van der Waals surface area (Å²) in [6.45, 7) is 7.61. The highest BCUT2D eigenvalue weighted by Gasteiger charge is 2.20. The standard InChI is InChI=1S/C22H25ClN4O4S2/c1-11-7-15(8-12(2)18(11)23)31-14(4)19-25-26-22(27(19)5)32-10-17(28)24-20-16(21(29)30-6)9-13(3)33-20/h7-9,14H,10H2,1-6H3,(H,24,28). The van der Waals surface area contributed by atoms with E-state index in [0.29, 0.717) is 27.3 Å². The van der Waals surface area contributed by atoms with E-state index in [1.807, 2.05) is 46.9 Å². The number of methoxy groups -OCH3 is 1. The van der Waals surface area contributed by atoms with Gasteiger partial charge in [-0.3, -0.25) is 4.79 Å².